The standard InChI is InChI=1S/C41H25N3OS/c1-2-11-26(12-3-1)38-37-33-19-4-7-22-36(33)46-41(37)44-39(43-38)31-17-9-15-29(24-31)27-13-8-14-28(23-27)30-16-10-18-32(25-30)40-42-34-20-5-6-21-35(34)45-40/h1-25H. The SMILES string of the molecule is c1ccc(-c2nc(-c3cccc(-c4cccc(-c5cccc(-c6nc7ccccc7o6)c5)c4)c3)nc3sc4ccccc4c23)cc1. The zero-order valence-corrected chi connectivity index (χ0v) is 25.4. The van der Waals surface area contributed by atoms with Crippen LogP contribution in [0.25, 0.3) is 87.8 Å². The van der Waals surface area contributed by atoms with E-state index in [-0.39, 0.29) is 0 Å². The first-order valence-electron chi connectivity index (χ1n) is 15.2. The maximum Gasteiger partial charge on any atom is 0.227 e. The van der Waals surface area contributed by atoms with E-state index in [0.717, 1.165) is 71.8 Å². The molecule has 0 atom stereocenters. The summed E-state index contributed by atoms with van der Waals surface area (Å²) in [7, 11) is 0. The predicted octanol–water partition coefficient (Wildman–Crippen LogP) is 11.3. The molecule has 3 heterocycles. The number of benzene rings is 6. The lowest BCUT2D eigenvalue weighted by Gasteiger charge is -2.10. The van der Waals surface area contributed by atoms with Gasteiger partial charge in [0.1, 0.15) is 10.3 Å². The molecule has 0 aliphatic heterocycles. The summed E-state index contributed by atoms with van der Waals surface area (Å²) in [5.41, 5.74) is 10.1. The Balaban J connectivity index is 1.11. The van der Waals surface area contributed by atoms with Gasteiger partial charge in [-0.2, -0.15) is 0 Å². The number of para-hydroxylation sites is 2. The van der Waals surface area contributed by atoms with Gasteiger partial charge in [0, 0.05) is 32.2 Å². The molecule has 0 bridgehead atoms. The Morgan fingerprint density at radius 3 is 1.80 bits per heavy atom. The molecule has 0 amide bonds. The number of nitrogens with zero attached hydrogens (tertiary/aromatic N) is 3. The summed E-state index contributed by atoms with van der Waals surface area (Å²) in [6.07, 6.45) is 0. The molecule has 9 aromatic rings. The minimum absolute atomic E-state index is 0.623. The van der Waals surface area contributed by atoms with Gasteiger partial charge >= 0.3 is 0 Å². The highest BCUT2D eigenvalue weighted by molar-refractivity contribution is 7.25. The topological polar surface area (TPSA) is 51.8 Å². The van der Waals surface area contributed by atoms with Crippen LogP contribution < -0.4 is 0 Å². The summed E-state index contributed by atoms with van der Waals surface area (Å²) in [6.45, 7) is 0. The molecule has 0 unspecified atom stereocenters. The first kappa shape index (κ1) is 26.5. The van der Waals surface area contributed by atoms with Crippen molar-refractivity contribution in [1.82, 2.24) is 15.0 Å². The second-order valence-electron chi connectivity index (χ2n) is 11.3. The molecule has 0 aliphatic carbocycles. The van der Waals surface area contributed by atoms with Crippen LogP contribution in [0, 0.1) is 0 Å². The summed E-state index contributed by atoms with van der Waals surface area (Å²) in [5.74, 6) is 1.35. The van der Waals surface area contributed by atoms with E-state index in [9.17, 15) is 0 Å². The lowest BCUT2D eigenvalue weighted by atomic mass is 9.97. The molecule has 9 rings (SSSR count). The molecule has 0 saturated carbocycles. The fraction of sp³-hybridized carbons (Fsp3) is 0. The minimum atomic E-state index is 0.623. The molecule has 0 N–H and O–H groups in total. The van der Waals surface area contributed by atoms with Crippen molar-refractivity contribution < 1.29 is 4.42 Å². The predicted molar refractivity (Wildman–Crippen MR) is 190 cm³/mol. The molecule has 0 saturated heterocycles. The zero-order valence-electron chi connectivity index (χ0n) is 24.6. The van der Waals surface area contributed by atoms with Crippen LogP contribution >= 0.6 is 11.3 Å². The van der Waals surface area contributed by atoms with Crippen molar-refractivity contribution in [3.8, 4) is 56.4 Å². The molecule has 5 heteroatoms. The van der Waals surface area contributed by atoms with Gasteiger partial charge < -0.3 is 4.42 Å². The van der Waals surface area contributed by atoms with Crippen molar-refractivity contribution in [2.45, 2.75) is 0 Å². The molecule has 0 spiro atoms. The Kier molecular flexibility index (Phi) is 6.28. The monoisotopic (exact) mass is 607 g/mol. The van der Waals surface area contributed by atoms with Crippen molar-refractivity contribution in [2.75, 3.05) is 0 Å². The Labute approximate surface area is 269 Å². The van der Waals surface area contributed by atoms with Crippen molar-refractivity contribution in [2.24, 2.45) is 0 Å². The molecule has 6 aromatic carbocycles. The minimum Gasteiger partial charge on any atom is -0.436 e. The quantitative estimate of drug-likeness (QED) is 0.195. The Hall–Kier alpha value is -5.91. The molecule has 0 aliphatic rings. The number of thiophene rings is 1. The van der Waals surface area contributed by atoms with Gasteiger partial charge in [-0.3, -0.25) is 0 Å². The first-order chi connectivity index (χ1) is 22.8. The molecular weight excluding hydrogens is 583 g/mol. The van der Waals surface area contributed by atoms with E-state index in [1.165, 1.54) is 10.1 Å². The van der Waals surface area contributed by atoms with Gasteiger partial charge in [-0.05, 0) is 64.7 Å². The summed E-state index contributed by atoms with van der Waals surface area (Å²) < 4.78 is 7.27. The van der Waals surface area contributed by atoms with Crippen molar-refractivity contribution in [3.63, 3.8) is 0 Å². The Morgan fingerprint density at radius 2 is 1.04 bits per heavy atom. The van der Waals surface area contributed by atoms with Crippen LogP contribution in [0.3, 0.4) is 0 Å². The maximum absolute atomic E-state index is 6.05. The van der Waals surface area contributed by atoms with Crippen LogP contribution in [0.15, 0.2) is 156 Å². The third kappa shape index (κ3) is 4.66. The van der Waals surface area contributed by atoms with Crippen LogP contribution in [-0.4, -0.2) is 15.0 Å². The number of hydrogen-bond acceptors (Lipinski definition) is 5. The third-order valence-electron chi connectivity index (χ3n) is 8.34. The van der Waals surface area contributed by atoms with Crippen LogP contribution in [0.1, 0.15) is 0 Å². The second-order valence-corrected chi connectivity index (χ2v) is 12.3. The fourth-order valence-corrected chi connectivity index (χ4v) is 7.18. The van der Waals surface area contributed by atoms with Crippen molar-refractivity contribution in [1.29, 1.82) is 0 Å². The van der Waals surface area contributed by atoms with E-state index in [1.54, 1.807) is 11.3 Å². The third-order valence-corrected chi connectivity index (χ3v) is 9.40. The van der Waals surface area contributed by atoms with Gasteiger partial charge in [-0.1, -0.05) is 109 Å². The van der Waals surface area contributed by atoms with Gasteiger partial charge in [-0.25, -0.2) is 15.0 Å². The molecule has 0 radical (unpaired) electrons. The molecule has 4 nitrogen and oxygen atoms in total. The number of aromatic nitrogens is 3. The maximum atomic E-state index is 6.05. The highest BCUT2D eigenvalue weighted by atomic mass is 32.1. The molecule has 216 valence electrons. The highest BCUT2D eigenvalue weighted by Gasteiger charge is 2.17. The number of hydrogen-bond donors (Lipinski definition) is 0. The summed E-state index contributed by atoms with van der Waals surface area (Å²) in [4.78, 5) is 16.0. The summed E-state index contributed by atoms with van der Waals surface area (Å²) >= 11 is 1.72. The van der Waals surface area contributed by atoms with Gasteiger partial charge in [-0.15, -0.1) is 11.3 Å². The van der Waals surface area contributed by atoms with E-state index >= 15 is 0 Å². The largest absolute Gasteiger partial charge is 0.436 e. The summed E-state index contributed by atoms with van der Waals surface area (Å²) in [6, 6.07) is 52.3. The highest BCUT2D eigenvalue weighted by Crippen LogP contribution is 2.40. The average molecular weight is 608 g/mol. The Morgan fingerprint density at radius 1 is 0.457 bits per heavy atom. The van der Waals surface area contributed by atoms with E-state index in [0.29, 0.717) is 5.89 Å². The molecule has 46 heavy (non-hydrogen) atoms. The normalized spacial score (nSPS) is 11.5. The lowest BCUT2D eigenvalue weighted by molar-refractivity contribution is 0.620. The number of rotatable bonds is 5. The van der Waals surface area contributed by atoms with E-state index in [1.807, 2.05) is 36.4 Å². The number of oxazole rings is 1. The molecular formula is C41H25N3OS. The average Bonchev–Trinajstić information content (AvgIpc) is 3.74. The van der Waals surface area contributed by atoms with Crippen LogP contribution in [-0.2, 0) is 0 Å². The van der Waals surface area contributed by atoms with E-state index < -0.39 is 0 Å². The van der Waals surface area contributed by atoms with Gasteiger partial charge in [0.15, 0.2) is 11.4 Å². The first-order valence-corrected chi connectivity index (χ1v) is 16.0. The van der Waals surface area contributed by atoms with Gasteiger partial charge in [0.2, 0.25) is 5.89 Å². The molecule has 0 fully saturated rings. The fourth-order valence-electron chi connectivity index (χ4n) is 6.10. The lowest BCUT2D eigenvalue weighted by Crippen LogP contribution is -1.94. The van der Waals surface area contributed by atoms with E-state index in [4.69, 9.17) is 19.4 Å². The smallest absolute Gasteiger partial charge is 0.227 e. The van der Waals surface area contributed by atoms with Crippen LogP contribution in [0.4, 0.5) is 0 Å². The van der Waals surface area contributed by atoms with Gasteiger partial charge in [0.25, 0.3) is 0 Å². The molecule has 3 aromatic heterocycles. The Bertz CT molecular complexity index is 2520. The summed E-state index contributed by atoms with van der Waals surface area (Å²) in [5, 5.41) is 2.30. The van der Waals surface area contributed by atoms with Crippen LogP contribution in [0.5, 0.6) is 0 Å². The zero-order chi connectivity index (χ0) is 30.5. The van der Waals surface area contributed by atoms with E-state index in [2.05, 4.69) is 115 Å². The van der Waals surface area contributed by atoms with Crippen molar-refractivity contribution >= 4 is 42.7 Å². The number of fused-ring (bicyclic) bond motifs is 4. The van der Waals surface area contributed by atoms with Gasteiger partial charge in [0.05, 0.1) is 5.69 Å². The van der Waals surface area contributed by atoms with Crippen molar-refractivity contribution in [3.05, 3.63) is 152 Å². The second kappa shape index (κ2) is 10.9. The van der Waals surface area contributed by atoms with Crippen LogP contribution in [0.2, 0.25) is 0 Å².